The van der Waals surface area contributed by atoms with Crippen molar-refractivity contribution in [1.82, 2.24) is 0 Å². The Morgan fingerprint density at radius 1 is 1.00 bits per heavy atom. The molecule has 12 heteroatoms. The Morgan fingerprint density at radius 3 is 1.60 bits per heavy atom. The fraction of sp³-hybridized carbons (Fsp3) is 0.625. The van der Waals surface area contributed by atoms with Gasteiger partial charge >= 0.3 is 29.8 Å². The highest BCUT2D eigenvalue weighted by atomic mass is 19.4. The van der Waals surface area contributed by atoms with Gasteiger partial charge in [-0.1, -0.05) is 6.58 Å². The van der Waals surface area contributed by atoms with Gasteiger partial charge in [-0.25, -0.2) is 4.79 Å². The summed E-state index contributed by atoms with van der Waals surface area (Å²) >= 11 is 0. The third-order valence-electron chi connectivity index (χ3n) is 1.96. The summed E-state index contributed by atoms with van der Waals surface area (Å²) in [4.78, 5) is 10.3. The van der Waals surface area contributed by atoms with Gasteiger partial charge in [-0.15, -0.1) is 0 Å². The summed E-state index contributed by atoms with van der Waals surface area (Å²) in [5.74, 6) is -10.3. The third kappa shape index (κ3) is 3.16. The summed E-state index contributed by atoms with van der Waals surface area (Å²) in [5, 5.41) is 8.36. The maximum atomic E-state index is 13.0. The molecule has 0 aromatic rings. The van der Waals surface area contributed by atoms with Crippen molar-refractivity contribution in [3.8, 4) is 0 Å². The first-order valence-electron chi connectivity index (χ1n) is 4.33. The van der Waals surface area contributed by atoms with Crippen molar-refractivity contribution >= 4 is 5.97 Å². The molecule has 0 radical (unpaired) electrons. The molecule has 0 fully saturated rings. The second-order valence-corrected chi connectivity index (χ2v) is 3.39. The third-order valence-corrected chi connectivity index (χ3v) is 1.96. The van der Waals surface area contributed by atoms with E-state index in [1.165, 1.54) is 0 Å². The number of halogens is 9. The van der Waals surface area contributed by atoms with Crippen LogP contribution in [0.25, 0.3) is 0 Å². The molecule has 0 heterocycles. The van der Waals surface area contributed by atoms with Crippen LogP contribution in [0.4, 0.5) is 39.5 Å². The Bertz CT molecular complexity index is 381. The predicted octanol–water partition coefficient (Wildman–Crippen LogP) is 2.50. The van der Waals surface area contributed by atoms with Gasteiger partial charge in [0.25, 0.3) is 0 Å². The topological polar surface area (TPSA) is 46.5 Å². The van der Waals surface area contributed by atoms with Crippen molar-refractivity contribution < 1.29 is 54.2 Å². The number of hydrogen-bond donors (Lipinski definition) is 1. The van der Waals surface area contributed by atoms with Crippen LogP contribution < -0.4 is 0 Å². The normalized spacial score (nSPS) is 14.1. The highest BCUT2D eigenvalue weighted by Crippen LogP contribution is 2.51. The van der Waals surface area contributed by atoms with Crippen LogP contribution in [0.2, 0.25) is 0 Å². The van der Waals surface area contributed by atoms with E-state index in [1.807, 2.05) is 0 Å². The molecular formula is C8H5F9O3. The summed E-state index contributed by atoms with van der Waals surface area (Å²) in [6.45, 7) is -0.634. The van der Waals surface area contributed by atoms with E-state index in [0.717, 1.165) is 0 Å². The van der Waals surface area contributed by atoms with Crippen LogP contribution in [-0.2, 0) is 9.53 Å². The molecule has 0 aromatic carbocycles. The first-order chi connectivity index (χ1) is 8.58. The van der Waals surface area contributed by atoms with Crippen LogP contribution in [0.1, 0.15) is 0 Å². The maximum Gasteiger partial charge on any atom is 0.432 e. The van der Waals surface area contributed by atoms with Crippen molar-refractivity contribution in [3.63, 3.8) is 0 Å². The summed E-state index contributed by atoms with van der Waals surface area (Å²) in [5.41, 5.74) is -6.47. The minimum Gasteiger partial charge on any atom is -0.454 e. The summed E-state index contributed by atoms with van der Waals surface area (Å²) in [6, 6.07) is 0. The molecule has 1 N–H and O–H groups in total. The lowest BCUT2D eigenvalue weighted by atomic mass is 9.94. The molecule has 0 spiro atoms. The van der Waals surface area contributed by atoms with E-state index in [9.17, 15) is 44.3 Å². The van der Waals surface area contributed by atoms with Gasteiger partial charge < -0.3 is 9.84 Å². The van der Waals surface area contributed by atoms with Crippen molar-refractivity contribution in [2.75, 3.05) is 6.61 Å². The standard InChI is InChI=1S/C8H5F9O3/c1-3(9)4(18)20-2-5(10,11)6(19,7(12,13)14)8(15,16)17/h19H,1-2H2. The minimum atomic E-state index is -6.83. The Kier molecular flexibility index (Phi) is 4.77. The van der Waals surface area contributed by atoms with E-state index in [2.05, 4.69) is 11.3 Å². The fourth-order valence-electron chi connectivity index (χ4n) is 0.914. The maximum absolute atomic E-state index is 13.0. The number of alkyl halides is 8. The second-order valence-electron chi connectivity index (χ2n) is 3.39. The number of hydrogen-bond acceptors (Lipinski definition) is 3. The molecule has 0 rings (SSSR count). The van der Waals surface area contributed by atoms with E-state index in [4.69, 9.17) is 5.11 Å². The molecule has 0 aliphatic carbocycles. The first-order valence-corrected chi connectivity index (χ1v) is 4.33. The Labute approximate surface area is 104 Å². The molecule has 0 saturated heterocycles. The molecule has 0 aliphatic heterocycles. The molecule has 0 saturated carbocycles. The molecule has 0 aliphatic rings. The Hall–Kier alpha value is -1.46. The number of carbonyl (C=O) groups is 1. The predicted molar refractivity (Wildman–Crippen MR) is 43.2 cm³/mol. The van der Waals surface area contributed by atoms with Crippen LogP contribution in [0.5, 0.6) is 0 Å². The minimum absolute atomic E-state index is 2.02. The van der Waals surface area contributed by atoms with Crippen molar-refractivity contribution in [1.29, 1.82) is 0 Å². The zero-order valence-electron chi connectivity index (χ0n) is 9.08. The van der Waals surface area contributed by atoms with E-state index in [1.54, 1.807) is 0 Å². The van der Waals surface area contributed by atoms with Crippen molar-refractivity contribution in [3.05, 3.63) is 12.4 Å². The number of aliphatic hydroxyl groups is 1. The summed E-state index contributed by atoms with van der Waals surface area (Å²) < 4.78 is 114. The van der Waals surface area contributed by atoms with Gasteiger partial charge in [-0.05, 0) is 0 Å². The van der Waals surface area contributed by atoms with Crippen molar-refractivity contribution in [2.45, 2.75) is 23.9 Å². The summed E-state index contributed by atoms with van der Waals surface area (Å²) in [7, 11) is 0. The average Bonchev–Trinajstić information content (AvgIpc) is 2.21. The van der Waals surface area contributed by atoms with Gasteiger partial charge in [0.1, 0.15) is 0 Å². The zero-order chi connectivity index (χ0) is 16.6. The first kappa shape index (κ1) is 18.5. The van der Waals surface area contributed by atoms with Crippen molar-refractivity contribution in [2.24, 2.45) is 0 Å². The molecule has 0 amide bonds. The quantitative estimate of drug-likeness (QED) is 0.492. The molecule has 0 atom stereocenters. The monoisotopic (exact) mass is 320 g/mol. The second kappa shape index (κ2) is 5.14. The number of esters is 1. The number of carbonyl (C=O) groups excluding carboxylic acids is 1. The highest BCUT2D eigenvalue weighted by molar-refractivity contribution is 5.85. The van der Waals surface area contributed by atoms with Crippen LogP contribution in [0, 0.1) is 0 Å². The molecule has 0 bridgehead atoms. The van der Waals surface area contributed by atoms with Crippen LogP contribution in [-0.4, -0.2) is 41.6 Å². The van der Waals surface area contributed by atoms with E-state index < -0.39 is 42.3 Å². The van der Waals surface area contributed by atoms with Gasteiger partial charge in [-0.3, -0.25) is 0 Å². The Balaban J connectivity index is 5.49. The largest absolute Gasteiger partial charge is 0.454 e. The van der Waals surface area contributed by atoms with E-state index in [-0.39, 0.29) is 0 Å². The van der Waals surface area contributed by atoms with E-state index in [0.29, 0.717) is 0 Å². The van der Waals surface area contributed by atoms with Gasteiger partial charge in [0, 0.05) is 0 Å². The Morgan fingerprint density at radius 2 is 1.35 bits per heavy atom. The summed E-state index contributed by atoms with van der Waals surface area (Å²) in [6.07, 6.45) is -13.7. The number of ether oxygens (including phenoxy) is 1. The number of rotatable bonds is 4. The van der Waals surface area contributed by atoms with Crippen LogP contribution in [0.15, 0.2) is 12.4 Å². The van der Waals surface area contributed by atoms with Gasteiger partial charge in [0.2, 0.25) is 5.83 Å². The molecule has 20 heavy (non-hydrogen) atoms. The molecule has 3 nitrogen and oxygen atoms in total. The molecule has 118 valence electrons. The van der Waals surface area contributed by atoms with Gasteiger partial charge in [-0.2, -0.15) is 39.5 Å². The molecule has 0 aromatic heterocycles. The lowest BCUT2D eigenvalue weighted by molar-refractivity contribution is -0.425. The lowest BCUT2D eigenvalue weighted by Crippen LogP contribution is -2.69. The zero-order valence-corrected chi connectivity index (χ0v) is 9.08. The van der Waals surface area contributed by atoms with Gasteiger partial charge in [0.05, 0.1) is 0 Å². The molecular weight excluding hydrogens is 315 g/mol. The smallest absolute Gasteiger partial charge is 0.432 e. The van der Waals surface area contributed by atoms with Gasteiger partial charge in [0.15, 0.2) is 6.61 Å². The van der Waals surface area contributed by atoms with Crippen LogP contribution >= 0.6 is 0 Å². The fourth-order valence-corrected chi connectivity index (χ4v) is 0.914. The lowest BCUT2D eigenvalue weighted by Gasteiger charge is -2.37. The SMILES string of the molecule is C=C(F)C(=O)OCC(F)(F)C(O)(C(F)(F)F)C(F)(F)F. The molecule has 0 unspecified atom stereocenters. The highest BCUT2D eigenvalue weighted by Gasteiger charge is 2.82. The van der Waals surface area contributed by atoms with Crippen LogP contribution in [0.3, 0.4) is 0 Å². The average molecular weight is 320 g/mol. The van der Waals surface area contributed by atoms with E-state index >= 15 is 0 Å².